The molecule has 1 aromatic heterocycles. The van der Waals surface area contributed by atoms with Gasteiger partial charge in [0.25, 0.3) is 11.8 Å². The van der Waals surface area contributed by atoms with Crippen LogP contribution in [0.3, 0.4) is 0 Å². The van der Waals surface area contributed by atoms with Gasteiger partial charge in [-0.3, -0.25) is 9.59 Å². The number of likely N-dealkylation sites (tertiary alicyclic amines) is 1. The molecule has 7 heteroatoms. The van der Waals surface area contributed by atoms with E-state index < -0.39 is 0 Å². The van der Waals surface area contributed by atoms with E-state index in [0.29, 0.717) is 23.6 Å². The predicted molar refractivity (Wildman–Crippen MR) is 108 cm³/mol. The maximum atomic E-state index is 13.2. The summed E-state index contributed by atoms with van der Waals surface area (Å²) in [4.78, 5) is 34.8. The first-order valence-electron chi connectivity index (χ1n) is 9.74. The zero-order valence-corrected chi connectivity index (χ0v) is 17.3. The van der Waals surface area contributed by atoms with Gasteiger partial charge in [0.15, 0.2) is 0 Å². The minimum atomic E-state index is -0.0700. The van der Waals surface area contributed by atoms with E-state index in [1.165, 1.54) is 11.3 Å². The molecule has 28 heavy (non-hydrogen) atoms. The van der Waals surface area contributed by atoms with Crippen molar-refractivity contribution in [3.05, 3.63) is 44.9 Å². The van der Waals surface area contributed by atoms with Crippen molar-refractivity contribution in [3.63, 3.8) is 0 Å². The van der Waals surface area contributed by atoms with Gasteiger partial charge in [-0.15, -0.1) is 11.3 Å². The summed E-state index contributed by atoms with van der Waals surface area (Å²) in [6, 6.07) is 5.51. The lowest BCUT2D eigenvalue weighted by Gasteiger charge is -2.26. The molecule has 0 radical (unpaired) electrons. The summed E-state index contributed by atoms with van der Waals surface area (Å²) in [5.74, 6) is 0.782. The lowest BCUT2D eigenvalue weighted by Crippen LogP contribution is -2.39. The van der Waals surface area contributed by atoms with Gasteiger partial charge >= 0.3 is 0 Å². The topological polar surface area (TPSA) is 62.7 Å². The highest BCUT2D eigenvalue weighted by molar-refractivity contribution is 7.13. The van der Waals surface area contributed by atoms with Gasteiger partial charge in [0.2, 0.25) is 0 Å². The van der Waals surface area contributed by atoms with Crippen molar-refractivity contribution in [2.75, 3.05) is 19.7 Å². The number of thiazole rings is 1. The van der Waals surface area contributed by atoms with Crippen LogP contribution in [0, 0.1) is 13.8 Å². The Kier molecular flexibility index (Phi) is 5.10. The molecule has 0 bridgehead atoms. The number of benzene rings is 1. The summed E-state index contributed by atoms with van der Waals surface area (Å²) >= 11 is 1.43. The Bertz CT molecular complexity index is 918. The normalized spacial score (nSPS) is 19.2. The van der Waals surface area contributed by atoms with Gasteiger partial charge in [0.1, 0.15) is 17.2 Å². The average Bonchev–Trinajstić information content (AvgIpc) is 3.29. The zero-order valence-electron chi connectivity index (χ0n) is 16.5. The highest BCUT2D eigenvalue weighted by atomic mass is 32.1. The van der Waals surface area contributed by atoms with Crippen LogP contribution in [0.25, 0.3) is 0 Å². The Hall–Kier alpha value is -2.41. The molecule has 1 fully saturated rings. The van der Waals surface area contributed by atoms with Gasteiger partial charge < -0.3 is 14.5 Å². The van der Waals surface area contributed by atoms with E-state index in [4.69, 9.17) is 4.74 Å². The van der Waals surface area contributed by atoms with Crippen molar-refractivity contribution >= 4 is 23.2 Å². The Morgan fingerprint density at radius 1 is 1.18 bits per heavy atom. The van der Waals surface area contributed by atoms with E-state index in [9.17, 15) is 9.59 Å². The van der Waals surface area contributed by atoms with Gasteiger partial charge in [-0.2, -0.15) is 0 Å². The number of hydrogen-bond donors (Lipinski definition) is 0. The molecule has 0 N–H and O–H groups in total. The first-order chi connectivity index (χ1) is 13.4. The van der Waals surface area contributed by atoms with Crippen LogP contribution in [0.2, 0.25) is 0 Å². The van der Waals surface area contributed by atoms with E-state index in [-0.39, 0.29) is 17.9 Å². The van der Waals surface area contributed by atoms with Gasteiger partial charge in [0.05, 0.1) is 23.3 Å². The molecule has 0 aliphatic carbocycles. The van der Waals surface area contributed by atoms with E-state index >= 15 is 0 Å². The Balaban J connectivity index is 1.62. The number of rotatable bonds is 2. The third-order valence-electron chi connectivity index (χ3n) is 5.41. The maximum Gasteiger partial charge on any atom is 0.266 e. The smallest absolute Gasteiger partial charge is 0.266 e. The molecule has 1 aromatic carbocycles. The third-order valence-corrected chi connectivity index (χ3v) is 6.47. The fourth-order valence-corrected chi connectivity index (χ4v) is 4.73. The third kappa shape index (κ3) is 3.51. The molecular weight excluding hydrogens is 374 g/mol. The molecule has 4 rings (SSSR count). The van der Waals surface area contributed by atoms with Crippen molar-refractivity contribution in [2.45, 2.75) is 46.2 Å². The van der Waals surface area contributed by atoms with E-state index in [0.717, 1.165) is 47.9 Å². The first-order valence-corrected chi connectivity index (χ1v) is 10.6. The molecule has 2 aliphatic heterocycles. The first kappa shape index (κ1) is 18.9. The van der Waals surface area contributed by atoms with Crippen LogP contribution < -0.4 is 4.74 Å². The highest BCUT2D eigenvalue weighted by Gasteiger charge is 2.30. The van der Waals surface area contributed by atoms with Gasteiger partial charge in [-0.1, -0.05) is 0 Å². The summed E-state index contributed by atoms with van der Waals surface area (Å²) in [5, 5.41) is 0.887. The molecule has 148 valence electrons. The summed E-state index contributed by atoms with van der Waals surface area (Å²) in [6.45, 7) is 8.26. The predicted octanol–water partition coefficient (Wildman–Crippen LogP) is 3.42. The van der Waals surface area contributed by atoms with E-state index in [2.05, 4.69) is 4.98 Å². The van der Waals surface area contributed by atoms with Gasteiger partial charge in [-0.25, -0.2) is 4.98 Å². The average molecular weight is 400 g/mol. The summed E-state index contributed by atoms with van der Waals surface area (Å²) in [7, 11) is 0. The van der Waals surface area contributed by atoms with Gasteiger partial charge in [-0.05, 0) is 51.8 Å². The number of carbonyl (C=O) groups excluding carboxylic acids is 2. The van der Waals surface area contributed by atoms with E-state index in [1.807, 2.05) is 48.8 Å². The second kappa shape index (κ2) is 7.54. The zero-order chi connectivity index (χ0) is 19.8. The molecule has 2 aromatic rings. The van der Waals surface area contributed by atoms with Crippen molar-refractivity contribution in [2.24, 2.45) is 0 Å². The molecule has 6 nitrogen and oxygen atoms in total. The van der Waals surface area contributed by atoms with Crippen LogP contribution in [0.4, 0.5) is 0 Å². The maximum absolute atomic E-state index is 13.2. The van der Waals surface area contributed by atoms with Crippen molar-refractivity contribution < 1.29 is 14.3 Å². The standard InChI is InChI=1S/C21H25N3O3S/c1-13-12-27-18-7-6-16(20(25)23-8-4-5-9-23)10-17(18)11-24(13)21(26)19-14(2)22-15(3)28-19/h6-7,10,13H,4-5,8-9,11-12H2,1-3H3/t13-/m0/s1. The highest BCUT2D eigenvalue weighted by Crippen LogP contribution is 2.29. The monoisotopic (exact) mass is 399 g/mol. The number of carbonyl (C=O) groups is 2. The molecule has 3 heterocycles. The van der Waals surface area contributed by atoms with Crippen molar-refractivity contribution in [1.29, 1.82) is 0 Å². The van der Waals surface area contributed by atoms with Crippen LogP contribution >= 0.6 is 11.3 Å². The van der Waals surface area contributed by atoms with Crippen LogP contribution in [-0.4, -0.2) is 52.3 Å². The molecule has 1 atom stereocenters. The lowest BCUT2D eigenvalue weighted by molar-refractivity contribution is 0.0649. The van der Waals surface area contributed by atoms with Crippen LogP contribution in [-0.2, 0) is 6.54 Å². The Morgan fingerprint density at radius 3 is 2.61 bits per heavy atom. The largest absolute Gasteiger partial charge is 0.491 e. The van der Waals surface area contributed by atoms with Crippen molar-refractivity contribution in [1.82, 2.24) is 14.8 Å². The Morgan fingerprint density at radius 2 is 1.93 bits per heavy atom. The second-order valence-electron chi connectivity index (χ2n) is 7.56. The number of aryl methyl sites for hydroxylation is 2. The number of aromatic nitrogens is 1. The lowest BCUT2D eigenvalue weighted by atomic mass is 10.1. The minimum absolute atomic E-state index is 0.0247. The van der Waals surface area contributed by atoms with Crippen LogP contribution in [0.5, 0.6) is 5.75 Å². The number of fused-ring (bicyclic) bond motifs is 1. The van der Waals surface area contributed by atoms with Crippen molar-refractivity contribution in [3.8, 4) is 5.75 Å². The molecule has 2 amide bonds. The quantitative estimate of drug-likeness (QED) is 0.776. The molecule has 0 saturated carbocycles. The van der Waals surface area contributed by atoms with E-state index in [1.54, 1.807) is 0 Å². The van der Waals surface area contributed by atoms with Crippen LogP contribution in [0.1, 0.15) is 56.1 Å². The number of amides is 2. The fourth-order valence-electron chi connectivity index (χ4n) is 3.85. The molecular formula is C21H25N3O3S. The molecule has 0 spiro atoms. The fraction of sp³-hybridized carbons (Fsp3) is 0.476. The van der Waals surface area contributed by atoms with Crippen LogP contribution in [0.15, 0.2) is 18.2 Å². The number of ether oxygens (including phenoxy) is 1. The number of nitrogens with zero attached hydrogens (tertiary/aromatic N) is 3. The minimum Gasteiger partial charge on any atom is -0.491 e. The molecule has 2 aliphatic rings. The number of hydrogen-bond acceptors (Lipinski definition) is 5. The van der Waals surface area contributed by atoms with Gasteiger partial charge in [0, 0.05) is 24.2 Å². The summed E-state index contributed by atoms with van der Waals surface area (Å²) < 4.78 is 5.94. The Labute approximate surface area is 169 Å². The second-order valence-corrected chi connectivity index (χ2v) is 8.77. The molecule has 1 saturated heterocycles. The SMILES string of the molecule is Cc1nc(C)c(C(=O)N2Cc3cc(C(=O)N4CCCC4)ccc3OC[C@@H]2C)s1. The molecule has 0 unspecified atom stereocenters. The summed E-state index contributed by atoms with van der Waals surface area (Å²) in [6.07, 6.45) is 2.13. The summed E-state index contributed by atoms with van der Waals surface area (Å²) in [5.41, 5.74) is 2.31.